The normalized spacial score (nSPS) is 15.0. The number of carbonyl (C=O) groups is 1. The second kappa shape index (κ2) is 6.00. The SMILES string of the molecule is NCCNc1ccc(C2=NNC(=O)OC2)cc1C(F)(F)F. The fourth-order valence-electron chi connectivity index (χ4n) is 1.78. The first-order chi connectivity index (χ1) is 9.91. The van der Waals surface area contributed by atoms with Crippen LogP contribution in [0.5, 0.6) is 0 Å². The second-order valence-electron chi connectivity index (χ2n) is 4.22. The van der Waals surface area contributed by atoms with Crippen LogP contribution in [0.25, 0.3) is 0 Å². The second-order valence-corrected chi connectivity index (χ2v) is 4.22. The number of benzene rings is 1. The van der Waals surface area contributed by atoms with E-state index in [1.54, 1.807) is 0 Å². The first-order valence-corrected chi connectivity index (χ1v) is 6.06. The number of hydrazone groups is 1. The van der Waals surface area contributed by atoms with Crippen LogP contribution >= 0.6 is 0 Å². The van der Waals surface area contributed by atoms with Crippen LogP contribution in [0, 0.1) is 0 Å². The molecule has 6 nitrogen and oxygen atoms in total. The maximum absolute atomic E-state index is 13.1. The van der Waals surface area contributed by atoms with Gasteiger partial charge >= 0.3 is 12.3 Å². The number of nitrogens with one attached hydrogen (secondary N) is 2. The highest BCUT2D eigenvalue weighted by molar-refractivity contribution is 6.04. The van der Waals surface area contributed by atoms with Crippen LogP contribution in [-0.2, 0) is 10.9 Å². The highest BCUT2D eigenvalue weighted by Gasteiger charge is 2.34. The van der Waals surface area contributed by atoms with Crippen LogP contribution in [0.4, 0.5) is 23.7 Å². The van der Waals surface area contributed by atoms with Crippen LogP contribution in [0.15, 0.2) is 23.3 Å². The van der Waals surface area contributed by atoms with Gasteiger partial charge in [-0.2, -0.15) is 18.3 Å². The number of carbonyl (C=O) groups excluding carboxylic acids is 1. The molecule has 1 aromatic carbocycles. The lowest BCUT2D eigenvalue weighted by molar-refractivity contribution is -0.137. The van der Waals surface area contributed by atoms with Gasteiger partial charge in [0.15, 0.2) is 0 Å². The van der Waals surface area contributed by atoms with E-state index in [1.165, 1.54) is 12.1 Å². The van der Waals surface area contributed by atoms with E-state index < -0.39 is 17.8 Å². The minimum absolute atomic E-state index is 0.0573. The third kappa shape index (κ3) is 3.63. The number of amides is 1. The van der Waals surface area contributed by atoms with E-state index in [4.69, 9.17) is 5.73 Å². The molecule has 9 heteroatoms. The average molecular weight is 302 g/mol. The van der Waals surface area contributed by atoms with Gasteiger partial charge in [0.2, 0.25) is 0 Å². The van der Waals surface area contributed by atoms with Crippen LogP contribution in [0.1, 0.15) is 11.1 Å². The van der Waals surface area contributed by atoms with Gasteiger partial charge in [0, 0.05) is 24.3 Å². The Morgan fingerprint density at radius 1 is 1.43 bits per heavy atom. The van der Waals surface area contributed by atoms with Crippen molar-refractivity contribution in [3.8, 4) is 0 Å². The lowest BCUT2D eigenvalue weighted by Gasteiger charge is -2.18. The van der Waals surface area contributed by atoms with Crippen molar-refractivity contribution in [3.63, 3.8) is 0 Å². The largest absolute Gasteiger partial charge is 0.442 e. The predicted octanol–water partition coefficient (Wildman–Crippen LogP) is 1.52. The van der Waals surface area contributed by atoms with Gasteiger partial charge in [-0.1, -0.05) is 6.07 Å². The van der Waals surface area contributed by atoms with E-state index in [0.29, 0.717) is 0 Å². The molecule has 1 aliphatic heterocycles. The van der Waals surface area contributed by atoms with Crippen molar-refractivity contribution in [2.45, 2.75) is 6.18 Å². The van der Waals surface area contributed by atoms with Gasteiger partial charge in [-0.3, -0.25) is 0 Å². The van der Waals surface area contributed by atoms with Crippen molar-refractivity contribution < 1.29 is 22.7 Å². The summed E-state index contributed by atoms with van der Waals surface area (Å²) in [6, 6.07) is 3.72. The predicted molar refractivity (Wildman–Crippen MR) is 70.0 cm³/mol. The molecule has 2 rings (SSSR count). The lowest BCUT2D eigenvalue weighted by atomic mass is 10.0. The summed E-state index contributed by atoms with van der Waals surface area (Å²) < 4.78 is 43.9. The molecular formula is C12H13F3N4O2. The molecule has 0 saturated heterocycles. The first-order valence-electron chi connectivity index (χ1n) is 6.06. The molecule has 0 radical (unpaired) electrons. The molecule has 114 valence electrons. The Labute approximate surface area is 118 Å². The molecule has 0 fully saturated rings. The summed E-state index contributed by atoms with van der Waals surface area (Å²) in [7, 11) is 0. The first kappa shape index (κ1) is 15.1. The molecule has 21 heavy (non-hydrogen) atoms. The molecule has 1 aliphatic rings. The van der Waals surface area contributed by atoms with Gasteiger partial charge in [-0.05, 0) is 12.1 Å². The van der Waals surface area contributed by atoms with Crippen LogP contribution in [0.3, 0.4) is 0 Å². The van der Waals surface area contributed by atoms with Crippen LogP contribution < -0.4 is 16.5 Å². The molecule has 1 heterocycles. The van der Waals surface area contributed by atoms with Gasteiger partial charge in [0.1, 0.15) is 12.3 Å². The third-order valence-electron chi connectivity index (χ3n) is 2.74. The number of ether oxygens (including phenoxy) is 1. The number of hydrogen-bond donors (Lipinski definition) is 3. The molecule has 0 bridgehead atoms. The minimum atomic E-state index is -4.52. The van der Waals surface area contributed by atoms with E-state index in [0.717, 1.165) is 6.07 Å². The van der Waals surface area contributed by atoms with E-state index in [1.807, 2.05) is 0 Å². The molecule has 0 spiro atoms. The number of cyclic esters (lactones) is 1. The van der Waals surface area contributed by atoms with E-state index in [9.17, 15) is 18.0 Å². The molecule has 0 saturated carbocycles. The fraction of sp³-hybridized carbons (Fsp3) is 0.333. The zero-order valence-electron chi connectivity index (χ0n) is 10.8. The summed E-state index contributed by atoms with van der Waals surface area (Å²) in [5, 5.41) is 6.30. The van der Waals surface area contributed by atoms with Crippen LogP contribution in [0.2, 0.25) is 0 Å². The maximum atomic E-state index is 13.1. The Bertz CT molecular complexity index is 572. The highest BCUT2D eigenvalue weighted by Crippen LogP contribution is 2.35. The van der Waals surface area contributed by atoms with Crippen molar-refractivity contribution >= 4 is 17.5 Å². The Morgan fingerprint density at radius 3 is 2.76 bits per heavy atom. The topological polar surface area (TPSA) is 88.7 Å². The van der Waals surface area contributed by atoms with Crippen LogP contribution in [-0.4, -0.2) is 31.5 Å². The highest BCUT2D eigenvalue weighted by atomic mass is 19.4. The molecule has 0 atom stereocenters. The zero-order chi connectivity index (χ0) is 15.5. The van der Waals surface area contributed by atoms with Gasteiger partial charge in [0.25, 0.3) is 0 Å². The maximum Gasteiger partial charge on any atom is 0.428 e. The van der Waals surface area contributed by atoms with Gasteiger partial charge < -0.3 is 15.8 Å². The van der Waals surface area contributed by atoms with Crippen molar-refractivity contribution in [1.29, 1.82) is 0 Å². The fourth-order valence-corrected chi connectivity index (χ4v) is 1.78. The number of nitrogens with two attached hydrogens (primary N) is 1. The molecular weight excluding hydrogens is 289 g/mol. The number of halogens is 3. The number of alkyl halides is 3. The molecule has 1 aromatic rings. The monoisotopic (exact) mass is 302 g/mol. The summed E-state index contributed by atoms with van der Waals surface area (Å²) in [5.74, 6) is 0. The van der Waals surface area contributed by atoms with Gasteiger partial charge in [0.05, 0.1) is 5.56 Å². The Hall–Kier alpha value is -2.29. The lowest BCUT2D eigenvalue weighted by Crippen LogP contribution is -2.31. The van der Waals surface area contributed by atoms with Crippen molar-refractivity contribution in [2.24, 2.45) is 10.8 Å². The molecule has 0 unspecified atom stereocenters. The van der Waals surface area contributed by atoms with E-state index in [-0.39, 0.29) is 36.7 Å². The van der Waals surface area contributed by atoms with Crippen molar-refractivity contribution in [3.05, 3.63) is 29.3 Å². The van der Waals surface area contributed by atoms with E-state index in [2.05, 4.69) is 20.6 Å². The summed E-state index contributed by atoms with van der Waals surface area (Å²) >= 11 is 0. The summed E-state index contributed by atoms with van der Waals surface area (Å²) in [5.41, 5.74) is 6.88. The smallest absolute Gasteiger partial charge is 0.428 e. The Morgan fingerprint density at radius 2 is 2.19 bits per heavy atom. The summed E-state index contributed by atoms with van der Waals surface area (Å²) in [6.45, 7) is 0.257. The van der Waals surface area contributed by atoms with Crippen molar-refractivity contribution in [1.82, 2.24) is 5.43 Å². The van der Waals surface area contributed by atoms with Crippen molar-refractivity contribution in [2.75, 3.05) is 25.0 Å². The zero-order valence-corrected chi connectivity index (χ0v) is 10.8. The third-order valence-corrected chi connectivity index (χ3v) is 2.74. The molecule has 0 aliphatic carbocycles. The number of anilines is 1. The van der Waals surface area contributed by atoms with Gasteiger partial charge in [-0.25, -0.2) is 10.2 Å². The molecule has 0 aromatic heterocycles. The molecule has 1 amide bonds. The quantitative estimate of drug-likeness (QED) is 0.787. The van der Waals surface area contributed by atoms with Gasteiger partial charge in [-0.15, -0.1) is 0 Å². The minimum Gasteiger partial charge on any atom is -0.442 e. The summed E-state index contributed by atoms with van der Waals surface area (Å²) in [6.07, 6.45) is -5.26. The Kier molecular flexibility index (Phi) is 4.32. The molecule has 4 N–H and O–H groups in total. The number of hydrogen-bond acceptors (Lipinski definition) is 5. The Balaban J connectivity index is 2.35. The van der Waals surface area contributed by atoms with E-state index >= 15 is 0 Å². The standard InChI is InChI=1S/C12H13F3N4O2/c13-12(14,15)8-5-7(1-2-9(8)17-4-3-16)10-6-21-11(20)19-18-10/h1-2,5,17H,3-4,6,16H2,(H,19,20). The average Bonchev–Trinajstić information content (AvgIpc) is 2.45. The number of rotatable bonds is 4. The number of nitrogens with zero attached hydrogens (tertiary/aromatic N) is 1. The summed E-state index contributed by atoms with van der Waals surface area (Å²) in [4.78, 5) is 10.8.